The molecule has 6 heteroatoms. The summed E-state index contributed by atoms with van der Waals surface area (Å²) in [6, 6.07) is 1.17. The lowest BCUT2D eigenvalue weighted by Crippen LogP contribution is -2.38. The number of carbonyl (C=O) groups is 2. The fourth-order valence-corrected chi connectivity index (χ4v) is 2.04. The number of carbonyl (C=O) groups excluding carboxylic acids is 1. The zero-order valence-electron chi connectivity index (χ0n) is 12.8. The molecular formula is C15H23N3O3. The minimum Gasteiger partial charge on any atom is -0.478 e. The van der Waals surface area contributed by atoms with Crippen LogP contribution in [0, 0.1) is 5.92 Å². The molecule has 116 valence electrons. The molecule has 21 heavy (non-hydrogen) atoms. The van der Waals surface area contributed by atoms with Gasteiger partial charge in [-0.2, -0.15) is 0 Å². The second-order valence-corrected chi connectivity index (χ2v) is 4.92. The van der Waals surface area contributed by atoms with Crippen LogP contribution in [0.3, 0.4) is 0 Å². The van der Waals surface area contributed by atoms with Gasteiger partial charge in [-0.1, -0.05) is 26.7 Å². The third kappa shape index (κ3) is 5.06. The zero-order valence-corrected chi connectivity index (χ0v) is 12.8. The number of pyridine rings is 1. The number of amides is 2. The number of hydrogen-bond acceptors (Lipinski definition) is 3. The average Bonchev–Trinajstić information content (AvgIpc) is 2.48. The van der Waals surface area contributed by atoms with E-state index in [0.717, 1.165) is 12.8 Å². The van der Waals surface area contributed by atoms with E-state index in [1.54, 1.807) is 4.90 Å². The Hall–Kier alpha value is -2.11. The molecule has 2 N–H and O–H groups in total. The Morgan fingerprint density at radius 3 is 2.48 bits per heavy atom. The number of carboxylic acid groups (broad SMARTS) is 1. The van der Waals surface area contributed by atoms with Crippen molar-refractivity contribution in [3.8, 4) is 0 Å². The molecule has 0 fully saturated rings. The lowest BCUT2D eigenvalue weighted by atomic mass is 10.0. The van der Waals surface area contributed by atoms with Crippen molar-refractivity contribution in [2.45, 2.75) is 33.6 Å². The molecule has 0 saturated carbocycles. The van der Waals surface area contributed by atoms with Crippen molar-refractivity contribution < 1.29 is 14.7 Å². The van der Waals surface area contributed by atoms with Crippen LogP contribution in [0.1, 0.15) is 44.0 Å². The topological polar surface area (TPSA) is 82.5 Å². The highest BCUT2D eigenvalue weighted by atomic mass is 16.4. The van der Waals surface area contributed by atoms with E-state index in [2.05, 4.69) is 24.1 Å². The molecule has 0 aliphatic carbocycles. The van der Waals surface area contributed by atoms with Crippen molar-refractivity contribution in [3.63, 3.8) is 0 Å². The molecule has 0 atom stereocenters. The first-order valence-corrected chi connectivity index (χ1v) is 7.26. The third-order valence-corrected chi connectivity index (χ3v) is 3.54. The molecule has 2 amide bonds. The SMILES string of the molecule is CCC(CC)CN(CC)C(=O)Nc1cncc(C(=O)O)c1. The predicted octanol–water partition coefficient (Wildman–Crippen LogP) is 3.07. The van der Waals surface area contributed by atoms with Crippen LogP contribution in [0.2, 0.25) is 0 Å². The van der Waals surface area contributed by atoms with Gasteiger partial charge in [-0.25, -0.2) is 9.59 Å². The number of carboxylic acids is 1. The number of nitrogens with one attached hydrogen (secondary N) is 1. The summed E-state index contributed by atoms with van der Waals surface area (Å²) in [4.78, 5) is 28.7. The second-order valence-electron chi connectivity index (χ2n) is 4.92. The monoisotopic (exact) mass is 293 g/mol. The number of aromatic carboxylic acids is 1. The van der Waals surface area contributed by atoms with Gasteiger partial charge >= 0.3 is 12.0 Å². The Bertz CT molecular complexity index is 487. The standard InChI is InChI=1S/C15H23N3O3/c1-4-11(5-2)10-18(6-3)15(21)17-13-7-12(14(19)20)8-16-9-13/h7-9,11H,4-6,10H2,1-3H3,(H,17,21)(H,19,20). The first-order valence-electron chi connectivity index (χ1n) is 7.26. The minimum atomic E-state index is -1.07. The summed E-state index contributed by atoms with van der Waals surface area (Å²) >= 11 is 0. The lowest BCUT2D eigenvalue weighted by Gasteiger charge is -2.25. The molecule has 0 aliphatic rings. The van der Waals surface area contributed by atoms with Crippen molar-refractivity contribution >= 4 is 17.7 Å². The molecular weight excluding hydrogens is 270 g/mol. The quantitative estimate of drug-likeness (QED) is 0.809. The molecule has 6 nitrogen and oxygen atoms in total. The highest BCUT2D eigenvalue weighted by Crippen LogP contribution is 2.13. The summed E-state index contributed by atoms with van der Waals surface area (Å²) in [5.74, 6) is -0.595. The third-order valence-electron chi connectivity index (χ3n) is 3.54. The van der Waals surface area contributed by atoms with E-state index in [4.69, 9.17) is 5.11 Å². The molecule has 0 spiro atoms. The van der Waals surface area contributed by atoms with Crippen molar-refractivity contribution in [3.05, 3.63) is 24.0 Å². The maximum Gasteiger partial charge on any atom is 0.337 e. The van der Waals surface area contributed by atoms with E-state index in [9.17, 15) is 9.59 Å². The van der Waals surface area contributed by atoms with Gasteiger partial charge in [0.05, 0.1) is 17.4 Å². The van der Waals surface area contributed by atoms with Crippen LogP contribution >= 0.6 is 0 Å². The molecule has 1 aromatic rings. The first kappa shape index (κ1) is 16.9. The van der Waals surface area contributed by atoms with E-state index >= 15 is 0 Å². The molecule has 1 rings (SSSR count). The Morgan fingerprint density at radius 2 is 1.95 bits per heavy atom. The molecule has 0 bridgehead atoms. The van der Waals surface area contributed by atoms with E-state index in [1.165, 1.54) is 18.5 Å². The Morgan fingerprint density at radius 1 is 1.29 bits per heavy atom. The van der Waals surface area contributed by atoms with Crippen molar-refractivity contribution in [2.24, 2.45) is 5.92 Å². The molecule has 0 aromatic carbocycles. The van der Waals surface area contributed by atoms with Gasteiger partial charge in [0.25, 0.3) is 0 Å². The second kappa shape index (κ2) is 8.24. The van der Waals surface area contributed by atoms with Gasteiger partial charge in [-0.3, -0.25) is 4.98 Å². The number of hydrogen-bond donors (Lipinski definition) is 2. The molecule has 0 saturated heterocycles. The summed E-state index contributed by atoms with van der Waals surface area (Å²) in [6.45, 7) is 7.45. The Labute approximate surface area is 125 Å². The molecule has 1 aromatic heterocycles. The molecule has 1 heterocycles. The molecule has 0 unspecified atom stereocenters. The summed E-state index contributed by atoms with van der Waals surface area (Å²) in [6.07, 6.45) is 4.74. The lowest BCUT2D eigenvalue weighted by molar-refractivity contribution is 0.0696. The number of nitrogens with zero attached hydrogens (tertiary/aromatic N) is 2. The van der Waals surface area contributed by atoms with Gasteiger partial charge in [0.1, 0.15) is 0 Å². The largest absolute Gasteiger partial charge is 0.478 e. The van der Waals surface area contributed by atoms with E-state index in [-0.39, 0.29) is 11.6 Å². The maximum absolute atomic E-state index is 12.2. The first-order chi connectivity index (χ1) is 10.0. The Kier molecular flexibility index (Phi) is 6.65. The van der Waals surface area contributed by atoms with Crippen molar-refractivity contribution in [2.75, 3.05) is 18.4 Å². The summed E-state index contributed by atoms with van der Waals surface area (Å²) in [7, 11) is 0. The van der Waals surface area contributed by atoms with Crippen LogP contribution in [0.25, 0.3) is 0 Å². The summed E-state index contributed by atoms with van der Waals surface area (Å²) in [5, 5.41) is 11.6. The fraction of sp³-hybridized carbons (Fsp3) is 0.533. The fourth-order valence-electron chi connectivity index (χ4n) is 2.04. The average molecular weight is 293 g/mol. The number of rotatable bonds is 7. The van der Waals surface area contributed by atoms with Crippen LogP contribution in [0.5, 0.6) is 0 Å². The number of urea groups is 1. The van der Waals surface area contributed by atoms with Gasteiger partial charge < -0.3 is 15.3 Å². The highest BCUT2D eigenvalue weighted by Gasteiger charge is 2.16. The van der Waals surface area contributed by atoms with Crippen LogP contribution in [-0.4, -0.2) is 40.1 Å². The minimum absolute atomic E-state index is 0.0517. The van der Waals surface area contributed by atoms with Crippen molar-refractivity contribution in [1.29, 1.82) is 0 Å². The van der Waals surface area contributed by atoms with E-state index < -0.39 is 5.97 Å². The van der Waals surface area contributed by atoms with Crippen LogP contribution in [0.4, 0.5) is 10.5 Å². The van der Waals surface area contributed by atoms with Crippen LogP contribution in [0.15, 0.2) is 18.5 Å². The van der Waals surface area contributed by atoms with E-state index in [1.807, 2.05) is 6.92 Å². The summed E-state index contributed by atoms with van der Waals surface area (Å²) < 4.78 is 0. The van der Waals surface area contributed by atoms with Gasteiger partial charge in [0, 0.05) is 19.3 Å². The van der Waals surface area contributed by atoms with Crippen molar-refractivity contribution in [1.82, 2.24) is 9.88 Å². The summed E-state index contributed by atoms with van der Waals surface area (Å²) in [5.41, 5.74) is 0.443. The number of aromatic nitrogens is 1. The van der Waals surface area contributed by atoms with Gasteiger partial charge in [-0.05, 0) is 18.9 Å². The zero-order chi connectivity index (χ0) is 15.8. The highest BCUT2D eigenvalue weighted by molar-refractivity contribution is 5.92. The Balaban J connectivity index is 2.73. The maximum atomic E-state index is 12.2. The molecule has 0 aliphatic heterocycles. The smallest absolute Gasteiger partial charge is 0.337 e. The van der Waals surface area contributed by atoms with Crippen LogP contribution < -0.4 is 5.32 Å². The van der Waals surface area contributed by atoms with Gasteiger partial charge in [0.15, 0.2) is 0 Å². The van der Waals surface area contributed by atoms with Gasteiger partial charge in [-0.15, -0.1) is 0 Å². The molecule has 0 radical (unpaired) electrons. The van der Waals surface area contributed by atoms with Crippen LogP contribution in [-0.2, 0) is 0 Å². The van der Waals surface area contributed by atoms with Gasteiger partial charge in [0.2, 0.25) is 0 Å². The van der Waals surface area contributed by atoms with E-state index in [0.29, 0.717) is 24.7 Å². The normalized spacial score (nSPS) is 10.5. The predicted molar refractivity (Wildman–Crippen MR) is 81.5 cm³/mol. The number of anilines is 1.